The van der Waals surface area contributed by atoms with Gasteiger partial charge in [-0.3, -0.25) is 14.3 Å². The highest BCUT2D eigenvalue weighted by molar-refractivity contribution is 7.54. The summed E-state index contributed by atoms with van der Waals surface area (Å²) in [5, 5.41) is 0. The second-order valence-corrected chi connectivity index (χ2v) is 6.64. The van der Waals surface area contributed by atoms with E-state index in [1.54, 1.807) is 4.57 Å². The molecule has 23 heavy (non-hydrogen) atoms. The van der Waals surface area contributed by atoms with Crippen molar-refractivity contribution in [3.8, 4) is 0 Å². The van der Waals surface area contributed by atoms with Gasteiger partial charge in [-0.05, 0) is 12.8 Å². The molecule has 11 nitrogen and oxygen atoms in total. The molecule has 1 aliphatic rings. The minimum atomic E-state index is -3.78. The van der Waals surface area contributed by atoms with Crippen molar-refractivity contribution in [1.29, 1.82) is 0 Å². The Balaban J connectivity index is 1.73. The van der Waals surface area contributed by atoms with E-state index in [0.29, 0.717) is 18.5 Å². The van der Waals surface area contributed by atoms with Crippen LogP contribution in [0.3, 0.4) is 0 Å². The monoisotopic (exact) mass is 346 g/mol. The zero-order valence-corrected chi connectivity index (χ0v) is 13.1. The molecule has 0 aliphatic carbocycles. The van der Waals surface area contributed by atoms with Gasteiger partial charge in [-0.15, -0.1) is 0 Å². The second-order valence-electron chi connectivity index (χ2n) is 5.03. The maximum absolute atomic E-state index is 11.8. The van der Waals surface area contributed by atoms with Crippen molar-refractivity contribution in [2.45, 2.75) is 25.2 Å². The lowest BCUT2D eigenvalue weighted by Gasteiger charge is -2.15. The van der Waals surface area contributed by atoms with E-state index in [1.807, 2.05) is 0 Å². The number of fused-ring (bicyclic) bond motifs is 1. The molecule has 0 spiro atoms. The van der Waals surface area contributed by atoms with Crippen molar-refractivity contribution in [2.75, 3.05) is 19.5 Å². The standard InChI is InChI=1S/C11H16N5O6P/c1-20-23(18,19)21-4-6-2-3-7(22-6)16-5-13-8-9(16)14-11(12)15-10(8)17/h5-7,18-19H,2-4H2,1H3,(H2-,12,14,15,17)/p+1. The fraction of sp³-hybridized carbons (Fsp3) is 0.545. The summed E-state index contributed by atoms with van der Waals surface area (Å²) < 4.78 is 16.8. The Hall–Kier alpha value is -1.62. The number of aromatic nitrogens is 4. The first-order chi connectivity index (χ1) is 10.9. The van der Waals surface area contributed by atoms with Gasteiger partial charge < -0.3 is 10.5 Å². The number of hydrogen-bond donors (Lipinski definition) is 4. The van der Waals surface area contributed by atoms with E-state index < -0.39 is 20.0 Å². The molecule has 0 bridgehead atoms. The number of nitrogen functional groups attached to an aromatic ring is 1. The number of anilines is 1. The smallest absolute Gasteiger partial charge is 0.369 e. The second kappa shape index (κ2) is 6.11. The van der Waals surface area contributed by atoms with Gasteiger partial charge in [-0.2, -0.15) is 23.8 Å². The van der Waals surface area contributed by atoms with Crippen LogP contribution >= 0.6 is 8.17 Å². The van der Waals surface area contributed by atoms with E-state index in [-0.39, 0.29) is 24.2 Å². The molecule has 2 unspecified atom stereocenters. The molecule has 2 atom stereocenters. The van der Waals surface area contributed by atoms with Crippen LogP contribution in [0.1, 0.15) is 19.1 Å². The Bertz CT molecular complexity index is 761. The van der Waals surface area contributed by atoms with Crippen LogP contribution in [-0.4, -0.2) is 49.1 Å². The zero-order valence-electron chi connectivity index (χ0n) is 12.2. The molecule has 0 radical (unpaired) electrons. The first-order valence-corrected chi connectivity index (χ1v) is 8.35. The molecule has 0 saturated carbocycles. The summed E-state index contributed by atoms with van der Waals surface area (Å²) in [4.78, 5) is 40.9. The summed E-state index contributed by atoms with van der Waals surface area (Å²) in [5.74, 6) is -0.00244. The van der Waals surface area contributed by atoms with E-state index in [2.05, 4.69) is 19.5 Å². The SMILES string of the molecule is CO[P+](O)(O)OCC1CCC(n2cnc3c(=O)[nH]c(N)nc32)O1. The zero-order chi connectivity index (χ0) is 16.6. The van der Waals surface area contributed by atoms with Gasteiger partial charge in [-0.25, -0.2) is 4.98 Å². The van der Waals surface area contributed by atoms with E-state index >= 15 is 0 Å². The van der Waals surface area contributed by atoms with Crippen LogP contribution in [-0.2, 0) is 13.8 Å². The first-order valence-electron chi connectivity index (χ1n) is 6.82. The normalized spacial score (nSPS) is 22.0. The van der Waals surface area contributed by atoms with Crippen LogP contribution in [0.15, 0.2) is 11.1 Å². The molecular weight excluding hydrogens is 329 g/mol. The molecule has 1 saturated heterocycles. The van der Waals surface area contributed by atoms with Gasteiger partial charge in [0, 0.05) is 0 Å². The van der Waals surface area contributed by atoms with Crippen molar-refractivity contribution < 1.29 is 23.6 Å². The number of aromatic amines is 1. The summed E-state index contributed by atoms with van der Waals surface area (Å²) in [5.41, 5.74) is 5.65. The topological polar surface area (TPSA) is 158 Å². The fourth-order valence-electron chi connectivity index (χ4n) is 2.40. The van der Waals surface area contributed by atoms with E-state index in [4.69, 9.17) is 15.0 Å². The summed E-state index contributed by atoms with van der Waals surface area (Å²) in [6, 6.07) is 0. The van der Waals surface area contributed by atoms with Crippen LogP contribution < -0.4 is 11.3 Å². The summed E-state index contributed by atoms with van der Waals surface area (Å²) in [6.45, 7) is -0.0199. The number of imidazole rings is 1. The fourth-order valence-corrected chi connectivity index (χ4v) is 2.87. The van der Waals surface area contributed by atoms with Gasteiger partial charge in [0.2, 0.25) is 5.95 Å². The third-order valence-electron chi connectivity index (χ3n) is 3.51. The molecule has 0 aromatic carbocycles. The molecule has 2 aromatic rings. The lowest BCUT2D eigenvalue weighted by Crippen LogP contribution is -2.18. The van der Waals surface area contributed by atoms with Crippen molar-refractivity contribution in [2.24, 2.45) is 0 Å². The van der Waals surface area contributed by atoms with Crippen molar-refractivity contribution in [3.05, 3.63) is 16.7 Å². The van der Waals surface area contributed by atoms with Gasteiger partial charge in [0.25, 0.3) is 5.56 Å². The van der Waals surface area contributed by atoms with Crippen molar-refractivity contribution >= 4 is 25.3 Å². The maximum atomic E-state index is 11.8. The quantitative estimate of drug-likeness (QED) is 0.533. The predicted octanol–water partition coefficient (Wildman–Crippen LogP) is -0.295. The minimum Gasteiger partial charge on any atom is -0.369 e. The molecule has 2 aromatic heterocycles. The lowest BCUT2D eigenvalue weighted by molar-refractivity contribution is -0.0246. The van der Waals surface area contributed by atoms with Crippen LogP contribution in [0.2, 0.25) is 0 Å². The van der Waals surface area contributed by atoms with E-state index in [1.165, 1.54) is 6.33 Å². The summed E-state index contributed by atoms with van der Waals surface area (Å²) >= 11 is 0. The summed E-state index contributed by atoms with van der Waals surface area (Å²) in [7, 11) is -2.63. The highest BCUT2D eigenvalue weighted by Crippen LogP contribution is 2.51. The number of H-pyrrole nitrogens is 1. The van der Waals surface area contributed by atoms with Crippen molar-refractivity contribution in [3.63, 3.8) is 0 Å². The minimum absolute atomic E-state index is 0.00244. The first kappa shape index (κ1) is 16.2. The molecule has 12 heteroatoms. The molecule has 5 N–H and O–H groups in total. The predicted molar refractivity (Wildman–Crippen MR) is 80.0 cm³/mol. The third kappa shape index (κ3) is 3.34. The Labute approximate surface area is 130 Å². The number of nitrogens with two attached hydrogens (primary N) is 1. The van der Waals surface area contributed by atoms with Crippen LogP contribution in [0.4, 0.5) is 5.95 Å². The summed E-state index contributed by atoms with van der Waals surface area (Å²) in [6.07, 6.45) is 1.99. The average Bonchev–Trinajstić information content (AvgIpc) is 3.11. The highest BCUT2D eigenvalue weighted by atomic mass is 31.2. The number of nitrogens with zero attached hydrogens (tertiary/aromatic N) is 3. The molecule has 1 aliphatic heterocycles. The molecule has 3 rings (SSSR count). The molecule has 0 amide bonds. The van der Waals surface area contributed by atoms with Gasteiger partial charge in [0.05, 0.1) is 19.5 Å². The van der Waals surface area contributed by atoms with E-state index in [0.717, 1.165) is 7.11 Å². The van der Waals surface area contributed by atoms with Gasteiger partial charge >= 0.3 is 8.17 Å². The third-order valence-corrected chi connectivity index (χ3v) is 4.47. The number of nitrogens with one attached hydrogen (secondary N) is 1. The van der Waals surface area contributed by atoms with Crippen LogP contribution in [0, 0.1) is 0 Å². The molecule has 3 heterocycles. The van der Waals surface area contributed by atoms with Crippen LogP contribution in [0.25, 0.3) is 11.2 Å². The Kier molecular flexibility index (Phi) is 4.32. The van der Waals surface area contributed by atoms with Gasteiger partial charge in [-0.1, -0.05) is 0 Å². The van der Waals surface area contributed by atoms with E-state index in [9.17, 15) is 14.6 Å². The number of hydrogen-bond acceptors (Lipinski definition) is 9. The number of rotatable bonds is 5. The average molecular weight is 346 g/mol. The molecule has 1 fully saturated rings. The Morgan fingerprint density at radius 3 is 3.09 bits per heavy atom. The largest absolute Gasteiger partial charge is 0.569 e. The van der Waals surface area contributed by atoms with Gasteiger partial charge in [0.15, 0.2) is 11.2 Å². The highest BCUT2D eigenvalue weighted by Gasteiger charge is 2.40. The van der Waals surface area contributed by atoms with Gasteiger partial charge in [0.1, 0.15) is 12.8 Å². The Morgan fingerprint density at radius 1 is 1.57 bits per heavy atom. The number of ether oxygens (including phenoxy) is 1. The maximum Gasteiger partial charge on any atom is 0.569 e. The lowest BCUT2D eigenvalue weighted by atomic mass is 10.2. The van der Waals surface area contributed by atoms with Crippen molar-refractivity contribution in [1.82, 2.24) is 19.5 Å². The molecule has 126 valence electrons. The Morgan fingerprint density at radius 2 is 2.35 bits per heavy atom. The van der Waals surface area contributed by atoms with Crippen LogP contribution in [0.5, 0.6) is 0 Å². The molecular formula is C11H17N5O6P+.